The zero-order chi connectivity index (χ0) is 18.9. The van der Waals surface area contributed by atoms with Crippen LogP contribution in [0.25, 0.3) is 10.2 Å². The van der Waals surface area contributed by atoms with Crippen molar-refractivity contribution in [1.29, 1.82) is 0 Å². The van der Waals surface area contributed by atoms with Crippen molar-refractivity contribution < 1.29 is 14.3 Å². The van der Waals surface area contributed by atoms with Gasteiger partial charge in [-0.1, -0.05) is 29.5 Å². The maximum atomic E-state index is 12.7. The van der Waals surface area contributed by atoms with Gasteiger partial charge in [-0.3, -0.25) is 4.79 Å². The first-order valence-corrected chi connectivity index (χ1v) is 10.3. The third-order valence-electron chi connectivity index (χ3n) is 5.18. The lowest BCUT2D eigenvalue weighted by Gasteiger charge is -2.25. The second kappa shape index (κ2) is 7.41. The number of thiazole rings is 1. The van der Waals surface area contributed by atoms with E-state index in [1.807, 2.05) is 42.5 Å². The summed E-state index contributed by atoms with van der Waals surface area (Å²) in [6, 6.07) is 13.8. The minimum absolute atomic E-state index is 0.00762. The minimum Gasteiger partial charge on any atom is -0.492 e. The standard InChI is InChI=1S/C21H21N3O3S/c25-20(15-11-14-3-1-2-4-18(14)27-13-15)22-16-5-6-17-19(12-16)28-21(23-17)24-7-9-26-10-8-24/h1-6,12,15H,7-11,13H2,(H,22,25)/t15-/m0/s1. The van der Waals surface area contributed by atoms with E-state index in [-0.39, 0.29) is 11.8 Å². The van der Waals surface area contributed by atoms with E-state index >= 15 is 0 Å². The Morgan fingerprint density at radius 1 is 1.18 bits per heavy atom. The van der Waals surface area contributed by atoms with Gasteiger partial charge in [0.15, 0.2) is 5.13 Å². The number of fused-ring (bicyclic) bond motifs is 2. The summed E-state index contributed by atoms with van der Waals surface area (Å²) in [5.74, 6) is 0.691. The second-order valence-electron chi connectivity index (χ2n) is 7.09. The summed E-state index contributed by atoms with van der Waals surface area (Å²) >= 11 is 1.65. The highest BCUT2D eigenvalue weighted by Crippen LogP contribution is 2.32. The molecule has 0 aliphatic carbocycles. The molecule has 2 aromatic carbocycles. The van der Waals surface area contributed by atoms with Gasteiger partial charge in [0.05, 0.1) is 29.3 Å². The summed E-state index contributed by atoms with van der Waals surface area (Å²) in [7, 11) is 0. The first-order chi connectivity index (χ1) is 13.8. The van der Waals surface area contributed by atoms with Crippen LogP contribution in [0.15, 0.2) is 42.5 Å². The summed E-state index contributed by atoms with van der Waals surface area (Å²) < 4.78 is 12.2. The monoisotopic (exact) mass is 395 g/mol. The van der Waals surface area contributed by atoms with Crippen LogP contribution in [-0.2, 0) is 16.0 Å². The third-order valence-corrected chi connectivity index (χ3v) is 6.25. The van der Waals surface area contributed by atoms with E-state index in [4.69, 9.17) is 14.5 Å². The van der Waals surface area contributed by atoms with Gasteiger partial charge >= 0.3 is 0 Å². The Bertz CT molecular complexity index is 1010. The summed E-state index contributed by atoms with van der Waals surface area (Å²) in [6.07, 6.45) is 0.700. The van der Waals surface area contributed by atoms with Crippen LogP contribution in [0.2, 0.25) is 0 Å². The van der Waals surface area contributed by atoms with Gasteiger partial charge in [-0.15, -0.1) is 0 Å². The van der Waals surface area contributed by atoms with Crippen molar-refractivity contribution >= 4 is 38.3 Å². The normalized spacial score (nSPS) is 19.1. The van der Waals surface area contributed by atoms with Crippen LogP contribution in [0.4, 0.5) is 10.8 Å². The number of benzene rings is 2. The Morgan fingerprint density at radius 3 is 2.93 bits per heavy atom. The van der Waals surface area contributed by atoms with Gasteiger partial charge in [-0.2, -0.15) is 0 Å². The van der Waals surface area contributed by atoms with Crippen molar-refractivity contribution in [3.63, 3.8) is 0 Å². The molecule has 1 fully saturated rings. The lowest BCUT2D eigenvalue weighted by Crippen LogP contribution is -2.36. The summed E-state index contributed by atoms with van der Waals surface area (Å²) in [4.78, 5) is 19.7. The largest absolute Gasteiger partial charge is 0.492 e. The highest BCUT2D eigenvalue weighted by atomic mass is 32.1. The van der Waals surface area contributed by atoms with Gasteiger partial charge < -0.3 is 19.7 Å². The van der Waals surface area contributed by atoms with Crippen LogP contribution in [0.5, 0.6) is 5.75 Å². The highest BCUT2D eigenvalue weighted by Gasteiger charge is 2.26. The van der Waals surface area contributed by atoms with Gasteiger partial charge in [-0.25, -0.2) is 4.98 Å². The highest BCUT2D eigenvalue weighted by molar-refractivity contribution is 7.22. The first-order valence-electron chi connectivity index (χ1n) is 9.51. The first kappa shape index (κ1) is 17.5. The van der Waals surface area contributed by atoms with Gasteiger partial charge in [0.2, 0.25) is 5.91 Å². The number of hydrogen-bond acceptors (Lipinski definition) is 6. The molecule has 144 valence electrons. The number of morpholine rings is 1. The molecular weight excluding hydrogens is 374 g/mol. The van der Waals surface area contributed by atoms with Gasteiger partial charge in [0, 0.05) is 18.8 Å². The quantitative estimate of drug-likeness (QED) is 0.737. The van der Waals surface area contributed by atoms with Crippen LogP contribution in [-0.4, -0.2) is 43.8 Å². The fourth-order valence-corrected chi connectivity index (χ4v) is 4.68. The molecule has 3 heterocycles. The molecule has 2 aliphatic rings. The van der Waals surface area contributed by atoms with E-state index in [1.54, 1.807) is 11.3 Å². The van der Waals surface area contributed by atoms with E-state index in [9.17, 15) is 4.79 Å². The Kier molecular flexibility index (Phi) is 4.62. The SMILES string of the molecule is O=C(Nc1ccc2nc(N3CCOCC3)sc2c1)[C@@H]1COc2ccccc2C1. The topological polar surface area (TPSA) is 63.7 Å². The van der Waals surface area contributed by atoms with Gasteiger partial charge in [0.1, 0.15) is 12.4 Å². The number of anilines is 2. The molecule has 6 nitrogen and oxygen atoms in total. The van der Waals surface area contributed by atoms with Gasteiger partial charge in [-0.05, 0) is 36.2 Å². The Hall–Kier alpha value is -2.64. The van der Waals surface area contributed by atoms with Crippen molar-refractivity contribution in [2.45, 2.75) is 6.42 Å². The molecule has 0 bridgehead atoms. The predicted molar refractivity (Wildman–Crippen MR) is 110 cm³/mol. The predicted octanol–water partition coefficient (Wildman–Crippen LogP) is 3.32. The number of hydrogen-bond donors (Lipinski definition) is 1. The fourth-order valence-electron chi connectivity index (χ4n) is 3.62. The smallest absolute Gasteiger partial charge is 0.231 e. The van der Waals surface area contributed by atoms with Crippen LogP contribution in [0, 0.1) is 5.92 Å². The van der Waals surface area contributed by atoms with Crippen molar-refractivity contribution in [2.75, 3.05) is 43.1 Å². The van der Waals surface area contributed by atoms with Crippen LogP contribution in [0.1, 0.15) is 5.56 Å². The number of rotatable bonds is 3. The Morgan fingerprint density at radius 2 is 2.04 bits per heavy atom. The molecule has 3 aromatic rings. The molecule has 0 spiro atoms. The van der Waals surface area contributed by atoms with Crippen LogP contribution in [0.3, 0.4) is 0 Å². The summed E-state index contributed by atoms with van der Waals surface area (Å²) in [5.41, 5.74) is 2.84. The molecule has 1 aromatic heterocycles. The molecule has 0 radical (unpaired) electrons. The molecule has 1 amide bonds. The zero-order valence-electron chi connectivity index (χ0n) is 15.4. The Balaban J connectivity index is 1.30. The van der Waals surface area contributed by atoms with E-state index in [0.29, 0.717) is 13.0 Å². The van der Waals surface area contributed by atoms with E-state index in [2.05, 4.69) is 10.2 Å². The number of carbonyl (C=O) groups is 1. The maximum absolute atomic E-state index is 12.7. The molecule has 0 unspecified atom stereocenters. The minimum atomic E-state index is -0.184. The number of amides is 1. The number of nitrogens with one attached hydrogen (secondary N) is 1. The summed E-state index contributed by atoms with van der Waals surface area (Å²) in [6.45, 7) is 3.62. The molecule has 2 aliphatic heterocycles. The molecular formula is C21H21N3O3S. The fraction of sp³-hybridized carbons (Fsp3) is 0.333. The summed E-state index contributed by atoms with van der Waals surface area (Å²) in [5, 5.41) is 4.06. The Labute approximate surface area is 167 Å². The van der Waals surface area contributed by atoms with Gasteiger partial charge in [0.25, 0.3) is 0 Å². The van der Waals surface area contributed by atoms with Crippen LogP contribution >= 0.6 is 11.3 Å². The van der Waals surface area contributed by atoms with E-state index in [1.165, 1.54) is 0 Å². The third kappa shape index (κ3) is 3.43. The number of aromatic nitrogens is 1. The zero-order valence-corrected chi connectivity index (χ0v) is 16.2. The number of para-hydroxylation sites is 1. The molecule has 1 atom stereocenters. The molecule has 28 heavy (non-hydrogen) atoms. The number of nitrogens with zero attached hydrogens (tertiary/aromatic N) is 2. The lowest BCUT2D eigenvalue weighted by atomic mass is 9.96. The van der Waals surface area contributed by atoms with Crippen molar-refractivity contribution in [2.24, 2.45) is 5.92 Å². The van der Waals surface area contributed by atoms with Crippen molar-refractivity contribution in [3.05, 3.63) is 48.0 Å². The van der Waals surface area contributed by atoms with Crippen molar-refractivity contribution in [3.8, 4) is 5.75 Å². The van der Waals surface area contributed by atoms with Crippen molar-refractivity contribution in [1.82, 2.24) is 4.98 Å². The molecule has 5 rings (SSSR count). The average Bonchev–Trinajstić information content (AvgIpc) is 3.17. The number of carbonyl (C=O) groups excluding carboxylic acids is 1. The average molecular weight is 395 g/mol. The van der Waals surface area contributed by atoms with Crippen LogP contribution < -0.4 is 15.0 Å². The molecule has 1 N–H and O–H groups in total. The second-order valence-corrected chi connectivity index (χ2v) is 8.10. The molecule has 7 heteroatoms. The number of ether oxygens (including phenoxy) is 2. The van der Waals surface area contributed by atoms with E-state index in [0.717, 1.165) is 58.7 Å². The lowest BCUT2D eigenvalue weighted by molar-refractivity contribution is -0.121. The maximum Gasteiger partial charge on any atom is 0.231 e. The van der Waals surface area contributed by atoms with E-state index < -0.39 is 0 Å². The molecule has 1 saturated heterocycles. The molecule has 0 saturated carbocycles.